The predicted octanol–water partition coefficient (Wildman–Crippen LogP) is 4.09. The molecule has 0 saturated heterocycles. The molecular formula is C14H8Cl2FNO2. The van der Waals surface area contributed by atoms with E-state index in [4.69, 9.17) is 27.6 Å². The van der Waals surface area contributed by atoms with Crippen LogP contribution in [0.5, 0.6) is 0 Å². The van der Waals surface area contributed by atoms with E-state index in [1.54, 1.807) is 18.2 Å². The Balaban J connectivity index is 2.16. The molecule has 0 aliphatic rings. The average Bonchev–Trinajstić information content (AvgIpc) is 2.69. The molecule has 6 heteroatoms. The van der Waals surface area contributed by atoms with E-state index in [1.165, 1.54) is 22.8 Å². The van der Waals surface area contributed by atoms with Crippen LogP contribution in [0.25, 0.3) is 11.1 Å². The Morgan fingerprint density at radius 1 is 1.20 bits per heavy atom. The van der Waals surface area contributed by atoms with Crippen molar-refractivity contribution in [1.82, 2.24) is 4.57 Å². The Morgan fingerprint density at radius 2 is 2.00 bits per heavy atom. The van der Waals surface area contributed by atoms with Crippen LogP contribution < -0.4 is 5.76 Å². The number of rotatable bonds is 2. The molecule has 0 atom stereocenters. The van der Waals surface area contributed by atoms with Crippen LogP contribution in [0.3, 0.4) is 0 Å². The molecule has 20 heavy (non-hydrogen) atoms. The first-order valence-electron chi connectivity index (χ1n) is 5.78. The summed E-state index contributed by atoms with van der Waals surface area (Å²) in [5, 5.41) is 0.725. The molecule has 0 unspecified atom stereocenters. The molecule has 0 bridgehead atoms. The number of oxazole rings is 1. The average molecular weight is 312 g/mol. The summed E-state index contributed by atoms with van der Waals surface area (Å²) in [5.74, 6) is -1.05. The zero-order chi connectivity index (χ0) is 14.3. The van der Waals surface area contributed by atoms with Crippen LogP contribution in [0.2, 0.25) is 10.0 Å². The zero-order valence-electron chi connectivity index (χ0n) is 10.1. The minimum Gasteiger partial charge on any atom is -0.408 e. The van der Waals surface area contributed by atoms with Gasteiger partial charge in [0.25, 0.3) is 0 Å². The summed E-state index contributed by atoms with van der Waals surface area (Å²) >= 11 is 11.8. The maximum Gasteiger partial charge on any atom is 0.420 e. The molecule has 0 fully saturated rings. The standard InChI is InChI=1S/C14H8Cl2FNO2/c15-8-4-5-12-13(6-8)20-14(19)18(12)7-9-10(16)2-1-3-11(9)17/h1-6H,7H2. The minimum absolute atomic E-state index is 0.00102. The van der Waals surface area contributed by atoms with E-state index in [0.717, 1.165) is 0 Å². The number of nitrogens with zero attached hydrogens (tertiary/aromatic N) is 1. The van der Waals surface area contributed by atoms with Gasteiger partial charge in [-0.1, -0.05) is 29.3 Å². The topological polar surface area (TPSA) is 35.1 Å². The number of aromatic nitrogens is 1. The molecule has 0 radical (unpaired) electrons. The van der Waals surface area contributed by atoms with Crippen molar-refractivity contribution in [3.8, 4) is 0 Å². The van der Waals surface area contributed by atoms with Crippen molar-refractivity contribution in [3.05, 3.63) is 68.4 Å². The fourth-order valence-corrected chi connectivity index (χ4v) is 2.42. The minimum atomic E-state index is -0.582. The maximum atomic E-state index is 13.8. The van der Waals surface area contributed by atoms with E-state index < -0.39 is 11.6 Å². The summed E-state index contributed by atoms with van der Waals surface area (Å²) in [6.07, 6.45) is 0. The van der Waals surface area contributed by atoms with Crippen LogP contribution in [0.15, 0.2) is 45.6 Å². The Bertz CT molecular complexity index is 834. The van der Waals surface area contributed by atoms with E-state index >= 15 is 0 Å². The third-order valence-corrected chi connectivity index (χ3v) is 3.60. The highest BCUT2D eigenvalue weighted by molar-refractivity contribution is 6.31. The molecule has 3 nitrogen and oxygen atoms in total. The molecule has 2 aromatic carbocycles. The fourth-order valence-electron chi connectivity index (χ4n) is 2.03. The SMILES string of the molecule is O=c1oc2cc(Cl)ccc2n1Cc1c(F)cccc1Cl. The molecule has 0 aliphatic carbocycles. The lowest BCUT2D eigenvalue weighted by Gasteiger charge is -2.06. The van der Waals surface area contributed by atoms with Crippen LogP contribution in [0.4, 0.5) is 4.39 Å². The van der Waals surface area contributed by atoms with Crippen molar-refractivity contribution in [1.29, 1.82) is 0 Å². The van der Waals surface area contributed by atoms with Crippen molar-refractivity contribution in [2.75, 3.05) is 0 Å². The van der Waals surface area contributed by atoms with Gasteiger partial charge in [0.2, 0.25) is 0 Å². The molecule has 0 spiro atoms. The quantitative estimate of drug-likeness (QED) is 0.714. The highest BCUT2D eigenvalue weighted by Gasteiger charge is 2.14. The van der Waals surface area contributed by atoms with E-state index in [9.17, 15) is 9.18 Å². The van der Waals surface area contributed by atoms with Gasteiger partial charge in [-0.15, -0.1) is 0 Å². The normalized spacial score (nSPS) is 11.2. The van der Waals surface area contributed by atoms with Crippen molar-refractivity contribution >= 4 is 34.3 Å². The summed E-state index contributed by atoms with van der Waals surface area (Å²) < 4.78 is 20.2. The van der Waals surface area contributed by atoms with E-state index in [-0.39, 0.29) is 17.1 Å². The van der Waals surface area contributed by atoms with Crippen LogP contribution >= 0.6 is 23.2 Å². The van der Waals surface area contributed by atoms with E-state index in [0.29, 0.717) is 16.1 Å². The lowest BCUT2D eigenvalue weighted by molar-refractivity contribution is 0.512. The van der Waals surface area contributed by atoms with Crippen molar-refractivity contribution in [2.45, 2.75) is 6.54 Å². The van der Waals surface area contributed by atoms with Crippen molar-refractivity contribution < 1.29 is 8.81 Å². The van der Waals surface area contributed by atoms with Gasteiger partial charge in [-0.2, -0.15) is 0 Å². The fraction of sp³-hybridized carbons (Fsp3) is 0.0714. The van der Waals surface area contributed by atoms with Gasteiger partial charge in [-0.05, 0) is 24.3 Å². The third kappa shape index (κ3) is 2.21. The van der Waals surface area contributed by atoms with E-state index in [2.05, 4.69) is 0 Å². The van der Waals surface area contributed by atoms with Crippen LogP contribution in [0.1, 0.15) is 5.56 Å². The predicted molar refractivity (Wildman–Crippen MR) is 76.0 cm³/mol. The first-order valence-corrected chi connectivity index (χ1v) is 6.53. The van der Waals surface area contributed by atoms with Crippen LogP contribution in [0, 0.1) is 5.82 Å². The molecule has 0 aliphatic heterocycles. The number of halogens is 3. The number of hydrogen-bond donors (Lipinski definition) is 0. The summed E-state index contributed by atoms with van der Waals surface area (Å²) in [6.45, 7) is -0.00102. The molecule has 0 N–H and O–H groups in total. The summed E-state index contributed by atoms with van der Waals surface area (Å²) in [4.78, 5) is 11.9. The Kier molecular flexibility index (Phi) is 3.28. The van der Waals surface area contributed by atoms with Gasteiger partial charge in [0.15, 0.2) is 5.58 Å². The number of fused-ring (bicyclic) bond motifs is 1. The summed E-state index contributed by atoms with van der Waals surface area (Å²) in [7, 11) is 0. The van der Waals surface area contributed by atoms with Crippen molar-refractivity contribution in [2.24, 2.45) is 0 Å². The molecule has 3 rings (SSSR count). The largest absolute Gasteiger partial charge is 0.420 e. The van der Waals surface area contributed by atoms with Gasteiger partial charge in [0, 0.05) is 21.7 Å². The molecular weight excluding hydrogens is 304 g/mol. The molecule has 3 aromatic rings. The molecule has 1 heterocycles. The number of benzene rings is 2. The highest BCUT2D eigenvalue weighted by Crippen LogP contribution is 2.23. The molecule has 1 aromatic heterocycles. The summed E-state index contributed by atoms with van der Waals surface area (Å²) in [6, 6.07) is 9.21. The van der Waals surface area contributed by atoms with Crippen molar-refractivity contribution in [3.63, 3.8) is 0 Å². The Morgan fingerprint density at radius 3 is 2.75 bits per heavy atom. The molecule has 102 valence electrons. The van der Waals surface area contributed by atoms with Gasteiger partial charge in [0.05, 0.1) is 12.1 Å². The van der Waals surface area contributed by atoms with Crippen LogP contribution in [-0.4, -0.2) is 4.57 Å². The van der Waals surface area contributed by atoms with Gasteiger partial charge in [-0.25, -0.2) is 9.18 Å². The second kappa shape index (κ2) is 4.96. The number of hydrogen-bond acceptors (Lipinski definition) is 2. The molecule has 0 amide bonds. The van der Waals surface area contributed by atoms with Gasteiger partial charge >= 0.3 is 5.76 Å². The van der Waals surface area contributed by atoms with Gasteiger partial charge in [0.1, 0.15) is 5.82 Å². The Hall–Kier alpha value is -1.78. The van der Waals surface area contributed by atoms with Crippen LogP contribution in [-0.2, 0) is 6.54 Å². The highest BCUT2D eigenvalue weighted by atomic mass is 35.5. The monoisotopic (exact) mass is 311 g/mol. The second-order valence-electron chi connectivity index (χ2n) is 4.27. The lowest BCUT2D eigenvalue weighted by atomic mass is 10.2. The third-order valence-electron chi connectivity index (χ3n) is 3.01. The second-order valence-corrected chi connectivity index (χ2v) is 5.11. The first-order chi connectivity index (χ1) is 9.56. The summed E-state index contributed by atoms with van der Waals surface area (Å²) in [5.41, 5.74) is 1.14. The zero-order valence-corrected chi connectivity index (χ0v) is 11.6. The van der Waals surface area contributed by atoms with Gasteiger partial charge < -0.3 is 4.42 Å². The first kappa shape index (κ1) is 13.2. The molecule has 0 saturated carbocycles. The smallest absolute Gasteiger partial charge is 0.408 e. The lowest BCUT2D eigenvalue weighted by Crippen LogP contribution is -2.15. The Labute approximate surface area is 123 Å². The van der Waals surface area contributed by atoms with Gasteiger partial charge in [-0.3, -0.25) is 4.57 Å². The maximum absolute atomic E-state index is 13.8. The van der Waals surface area contributed by atoms with E-state index in [1.807, 2.05) is 0 Å².